The SMILES string of the molecule is CC.CC.CN(C)Cc1cc2c3c(c4c(c2cc1CN(C)C)C=CC4)CC=C3. The molecule has 152 valence electrons. The lowest BCUT2D eigenvalue weighted by atomic mass is 9.88. The molecule has 0 spiro atoms. The summed E-state index contributed by atoms with van der Waals surface area (Å²) >= 11 is 0. The van der Waals surface area contributed by atoms with E-state index in [2.05, 4.69) is 74.4 Å². The molecule has 2 heteroatoms. The average Bonchev–Trinajstić information content (AvgIpc) is 3.34. The quantitative estimate of drug-likeness (QED) is 0.629. The van der Waals surface area contributed by atoms with Crippen molar-refractivity contribution >= 4 is 22.9 Å². The molecule has 0 saturated carbocycles. The number of hydrogen-bond donors (Lipinski definition) is 0. The Balaban J connectivity index is 0.000000660. The molecular weight excluding hydrogens is 340 g/mol. The molecule has 2 aromatic carbocycles. The van der Waals surface area contributed by atoms with Crippen molar-refractivity contribution < 1.29 is 0 Å². The van der Waals surface area contributed by atoms with Crippen molar-refractivity contribution in [2.45, 2.75) is 53.6 Å². The van der Waals surface area contributed by atoms with Crippen molar-refractivity contribution in [2.24, 2.45) is 0 Å². The topological polar surface area (TPSA) is 6.48 Å². The molecule has 0 saturated heterocycles. The van der Waals surface area contributed by atoms with Crippen LogP contribution in [0.1, 0.15) is 61.1 Å². The van der Waals surface area contributed by atoms with Gasteiger partial charge in [0.1, 0.15) is 0 Å². The lowest BCUT2D eigenvalue weighted by molar-refractivity contribution is 0.381. The van der Waals surface area contributed by atoms with E-state index in [0.29, 0.717) is 0 Å². The summed E-state index contributed by atoms with van der Waals surface area (Å²) in [6, 6.07) is 4.91. The summed E-state index contributed by atoms with van der Waals surface area (Å²) in [5, 5.41) is 2.87. The molecule has 0 aromatic heterocycles. The zero-order valence-corrected chi connectivity index (χ0v) is 19.2. The second-order valence-electron chi connectivity index (χ2n) is 7.64. The first-order valence-electron chi connectivity index (χ1n) is 10.8. The average molecular weight is 379 g/mol. The van der Waals surface area contributed by atoms with Crippen LogP contribution in [0.3, 0.4) is 0 Å². The first-order valence-corrected chi connectivity index (χ1v) is 10.8. The maximum absolute atomic E-state index is 2.45. The highest BCUT2D eigenvalue weighted by Crippen LogP contribution is 2.40. The van der Waals surface area contributed by atoms with Gasteiger partial charge >= 0.3 is 0 Å². The Kier molecular flexibility index (Phi) is 8.03. The lowest BCUT2D eigenvalue weighted by Gasteiger charge is -2.21. The van der Waals surface area contributed by atoms with Crippen LogP contribution in [-0.4, -0.2) is 38.0 Å². The molecule has 0 unspecified atom stereocenters. The third kappa shape index (κ3) is 4.39. The van der Waals surface area contributed by atoms with Gasteiger partial charge in [0, 0.05) is 13.1 Å². The minimum atomic E-state index is 0.991. The van der Waals surface area contributed by atoms with Crippen molar-refractivity contribution in [1.29, 1.82) is 0 Å². The summed E-state index contributed by atoms with van der Waals surface area (Å²) in [5.41, 5.74) is 8.93. The molecule has 0 heterocycles. The highest BCUT2D eigenvalue weighted by atomic mass is 15.1. The first-order chi connectivity index (χ1) is 13.5. The summed E-state index contributed by atoms with van der Waals surface area (Å²) in [5.74, 6) is 0. The predicted molar refractivity (Wildman–Crippen MR) is 127 cm³/mol. The van der Waals surface area contributed by atoms with E-state index in [9.17, 15) is 0 Å². The molecule has 4 rings (SSSR count). The fraction of sp³-hybridized carbons (Fsp3) is 0.462. The Morgan fingerprint density at radius 1 is 0.643 bits per heavy atom. The van der Waals surface area contributed by atoms with E-state index in [0.717, 1.165) is 25.9 Å². The molecule has 0 radical (unpaired) electrons. The standard InChI is InChI=1S/C22H26N2.2C2H6/c1-23(2)13-15-11-21-19-9-5-7-17(19)18-8-6-10-20(18)22(21)12-16(15)14-24(3)4;2*1-2/h5-6,9-12H,7-8,13-14H2,1-4H3;2*1-2H3. The number of benzene rings is 2. The van der Waals surface area contributed by atoms with Crippen LogP contribution in [0.15, 0.2) is 24.3 Å². The van der Waals surface area contributed by atoms with Gasteiger partial charge in [-0.25, -0.2) is 0 Å². The van der Waals surface area contributed by atoms with E-state index in [1.54, 1.807) is 11.1 Å². The van der Waals surface area contributed by atoms with Crippen molar-refractivity contribution in [2.75, 3.05) is 28.2 Å². The number of nitrogens with zero attached hydrogens (tertiary/aromatic N) is 2. The Morgan fingerprint density at radius 3 is 1.32 bits per heavy atom. The number of hydrogen-bond acceptors (Lipinski definition) is 2. The largest absolute Gasteiger partial charge is 0.305 e. The van der Waals surface area contributed by atoms with Gasteiger partial charge in [-0.3, -0.25) is 0 Å². The molecule has 0 atom stereocenters. The fourth-order valence-electron chi connectivity index (χ4n) is 4.20. The highest BCUT2D eigenvalue weighted by Gasteiger charge is 2.22. The van der Waals surface area contributed by atoms with Crippen LogP contribution in [0.4, 0.5) is 0 Å². The molecule has 0 fully saturated rings. The Bertz CT molecular complexity index is 798. The summed E-state index contributed by atoms with van der Waals surface area (Å²) in [4.78, 5) is 4.54. The smallest absolute Gasteiger partial charge is 0.0231 e. The van der Waals surface area contributed by atoms with Gasteiger partial charge in [0.25, 0.3) is 0 Å². The molecule has 0 bridgehead atoms. The fourth-order valence-corrected chi connectivity index (χ4v) is 4.20. The molecule has 2 aromatic rings. The molecular formula is C26H38N2. The number of allylic oxidation sites excluding steroid dienone is 2. The van der Waals surface area contributed by atoms with Crippen molar-refractivity contribution in [3.05, 3.63) is 57.7 Å². The minimum absolute atomic E-state index is 0.991. The second kappa shape index (κ2) is 10.0. The van der Waals surface area contributed by atoms with E-state index < -0.39 is 0 Å². The Morgan fingerprint density at radius 2 is 1.00 bits per heavy atom. The molecule has 2 aliphatic rings. The number of rotatable bonds is 4. The van der Waals surface area contributed by atoms with Gasteiger partial charge < -0.3 is 9.80 Å². The van der Waals surface area contributed by atoms with Crippen LogP contribution in [0.25, 0.3) is 22.9 Å². The zero-order valence-electron chi connectivity index (χ0n) is 19.2. The third-order valence-electron chi connectivity index (χ3n) is 5.12. The maximum atomic E-state index is 2.45. The second-order valence-corrected chi connectivity index (χ2v) is 7.64. The predicted octanol–water partition coefficient (Wildman–Crippen LogP) is 6.15. The number of fused-ring (bicyclic) bond motifs is 6. The summed E-state index contributed by atoms with van der Waals surface area (Å²) in [7, 11) is 8.61. The van der Waals surface area contributed by atoms with Crippen LogP contribution in [0.2, 0.25) is 0 Å². The summed E-state index contributed by atoms with van der Waals surface area (Å²) in [6.07, 6.45) is 11.5. The minimum Gasteiger partial charge on any atom is -0.305 e. The maximum Gasteiger partial charge on any atom is 0.0231 e. The van der Waals surface area contributed by atoms with Crippen molar-refractivity contribution in [3.63, 3.8) is 0 Å². The van der Waals surface area contributed by atoms with Crippen LogP contribution < -0.4 is 0 Å². The monoisotopic (exact) mass is 378 g/mol. The van der Waals surface area contributed by atoms with Gasteiger partial charge in [-0.15, -0.1) is 0 Å². The Labute approximate surface area is 172 Å². The molecule has 2 nitrogen and oxygen atoms in total. The van der Waals surface area contributed by atoms with Gasteiger partial charge in [-0.05, 0) is 97.3 Å². The van der Waals surface area contributed by atoms with Gasteiger partial charge in [-0.2, -0.15) is 0 Å². The van der Waals surface area contributed by atoms with E-state index in [4.69, 9.17) is 0 Å². The zero-order chi connectivity index (χ0) is 20.8. The van der Waals surface area contributed by atoms with E-state index in [1.165, 1.54) is 33.0 Å². The normalized spacial score (nSPS) is 13.4. The molecule has 0 N–H and O–H groups in total. The van der Waals surface area contributed by atoms with E-state index in [-0.39, 0.29) is 0 Å². The highest BCUT2D eigenvalue weighted by molar-refractivity contribution is 6.01. The van der Waals surface area contributed by atoms with E-state index in [1.807, 2.05) is 27.7 Å². The van der Waals surface area contributed by atoms with Crippen molar-refractivity contribution in [3.8, 4) is 0 Å². The molecule has 0 amide bonds. The van der Waals surface area contributed by atoms with Gasteiger partial charge in [-0.1, -0.05) is 52.0 Å². The van der Waals surface area contributed by atoms with E-state index >= 15 is 0 Å². The lowest BCUT2D eigenvalue weighted by Crippen LogP contribution is -2.17. The van der Waals surface area contributed by atoms with Gasteiger partial charge in [0.15, 0.2) is 0 Å². The van der Waals surface area contributed by atoms with Crippen molar-refractivity contribution in [1.82, 2.24) is 9.80 Å². The summed E-state index contributed by atoms with van der Waals surface area (Å²) < 4.78 is 0. The van der Waals surface area contributed by atoms with Crippen LogP contribution in [-0.2, 0) is 25.9 Å². The molecule has 28 heavy (non-hydrogen) atoms. The molecule has 2 aliphatic carbocycles. The van der Waals surface area contributed by atoms with Crippen LogP contribution in [0, 0.1) is 0 Å². The summed E-state index contributed by atoms with van der Waals surface area (Å²) in [6.45, 7) is 9.98. The van der Waals surface area contributed by atoms with Gasteiger partial charge in [0.05, 0.1) is 0 Å². The van der Waals surface area contributed by atoms with Crippen LogP contribution >= 0.6 is 0 Å². The molecule has 0 aliphatic heterocycles. The van der Waals surface area contributed by atoms with Crippen LogP contribution in [0.5, 0.6) is 0 Å². The first kappa shape index (κ1) is 22.4. The van der Waals surface area contributed by atoms with Gasteiger partial charge in [0.2, 0.25) is 0 Å². The third-order valence-corrected chi connectivity index (χ3v) is 5.12. The Hall–Kier alpha value is -1.90.